The van der Waals surface area contributed by atoms with Crippen molar-refractivity contribution in [3.05, 3.63) is 0 Å². The summed E-state index contributed by atoms with van der Waals surface area (Å²) in [5, 5.41) is 0. The molecule has 2 rings (SSSR count). The molecule has 0 aromatic rings. The lowest BCUT2D eigenvalue weighted by Crippen LogP contribution is -2.42. The monoisotopic (exact) mass is 174 g/mol. The SMILES string of the molecule is ClCC1(C2CCC2)CCCO1. The third kappa shape index (κ3) is 1.19. The second-order valence-corrected chi connectivity index (χ2v) is 4.05. The first-order valence-corrected chi connectivity index (χ1v) is 5.11. The van der Waals surface area contributed by atoms with Crippen LogP contribution in [0.3, 0.4) is 0 Å². The average molecular weight is 175 g/mol. The summed E-state index contributed by atoms with van der Waals surface area (Å²) < 4.78 is 5.76. The molecule has 0 N–H and O–H groups in total. The fraction of sp³-hybridized carbons (Fsp3) is 1.00. The number of halogens is 1. The van der Waals surface area contributed by atoms with Crippen LogP contribution in [0.1, 0.15) is 32.1 Å². The molecule has 1 nitrogen and oxygen atoms in total. The molecule has 64 valence electrons. The van der Waals surface area contributed by atoms with Crippen LogP contribution in [0.25, 0.3) is 0 Å². The van der Waals surface area contributed by atoms with E-state index in [1.807, 2.05) is 0 Å². The molecular weight excluding hydrogens is 160 g/mol. The maximum atomic E-state index is 5.95. The van der Waals surface area contributed by atoms with Crippen molar-refractivity contribution in [2.24, 2.45) is 5.92 Å². The van der Waals surface area contributed by atoms with E-state index in [9.17, 15) is 0 Å². The van der Waals surface area contributed by atoms with Crippen molar-refractivity contribution in [3.63, 3.8) is 0 Å². The van der Waals surface area contributed by atoms with E-state index in [1.165, 1.54) is 32.1 Å². The Morgan fingerprint density at radius 2 is 2.18 bits per heavy atom. The number of rotatable bonds is 2. The number of ether oxygens (including phenoxy) is 1. The highest BCUT2D eigenvalue weighted by molar-refractivity contribution is 6.18. The van der Waals surface area contributed by atoms with Crippen LogP contribution in [0.5, 0.6) is 0 Å². The zero-order valence-corrected chi connectivity index (χ0v) is 7.57. The van der Waals surface area contributed by atoms with E-state index in [2.05, 4.69) is 0 Å². The second-order valence-electron chi connectivity index (χ2n) is 3.78. The molecule has 0 radical (unpaired) electrons. The summed E-state index contributed by atoms with van der Waals surface area (Å²) in [6.45, 7) is 0.934. The molecule has 1 aliphatic carbocycles. The number of hydrogen-bond acceptors (Lipinski definition) is 1. The van der Waals surface area contributed by atoms with Gasteiger partial charge >= 0.3 is 0 Å². The third-order valence-electron chi connectivity index (χ3n) is 3.21. The van der Waals surface area contributed by atoms with Crippen molar-refractivity contribution in [2.75, 3.05) is 12.5 Å². The fourth-order valence-corrected chi connectivity index (χ4v) is 2.62. The van der Waals surface area contributed by atoms with Crippen molar-refractivity contribution in [1.82, 2.24) is 0 Å². The van der Waals surface area contributed by atoms with Crippen LogP contribution < -0.4 is 0 Å². The van der Waals surface area contributed by atoms with Gasteiger partial charge in [0.2, 0.25) is 0 Å². The van der Waals surface area contributed by atoms with E-state index in [1.54, 1.807) is 0 Å². The van der Waals surface area contributed by atoms with Crippen molar-refractivity contribution in [2.45, 2.75) is 37.7 Å². The molecule has 0 bridgehead atoms. The van der Waals surface area contributed by atoms with Gasteiger partial charge in [0.25, 0.3) is 0 Å². The first kappa shape index (κ1) is 7.88. The number of alkyl halides is 1. The highest BCUT2D eigenvalue weighted by Gasteiger charge is 2.44. The minimum Gasteiger partial charge on any atom is -0.373 e. The van der Waals surface area contributed by atoms with E-state index >= 15 is 0 Å². The van der Waals surface area contributed by atoms with Gasteiger partial charge in [0.05, 0.1) is 11.5 Å². The van der Waals surface area contributed by atoms with Crippen LogP contribution in [-0.2, 0) is 4.74 Å². The van der Waals surface area contributed by atoms with Gasteiger partial charge in [0, 0.05) is 6.61 Å². The molecule has 1 saturated heterocycles. The Balaban J connectivity index is 2.02. The van der Waals surface area contributed by atoms with Gasteiger partial charge in [-0.3, -0.25) is 0 Å². The molecule has 0 aromatic heterocycles. The first-order valence-electron chi connectivity index (χ1n) is 4.57. The van der Waals surface area contributed by atoms with Crippen LogP contribution >= 0.6 is 11.6 Å². The first-order chi connectivity index (χ1) is 5.37. The van der Waals surface area contributed by atoms with Gasteiger partial charge in [-0.2, -0.15) is 0 Å². The summed E-state index contributed by atoms with van der Waals surface area (Å²) in [4.78, 5) is 0. The van der Waals surface area contributed by atoms with E-state index < -0.39 is 0 Å². The Hall–Kier alpha value is 0.250. The van der Waals surface area contributed by atoms with Crippen LogP contribution in [0.4, 0.5) is 0 Å². The van der Waals surface area contributed by atoms with Crippen LogP contribution in [0, 0.1) is 5.92 Å². The second kappa shape index (κ2) is 2.95. The molecule has 0 spiro atoms. The zero-order valence-electron chi connectivity index (χ0n) is 6.81. The zero-order chi connectivity index (χ0) is 7.73. The summed E-state index contributed by atoms with van der Waals surface area (Å²) in [6.07, 6.45) is 6.47. The quantitative estimate of drug-likeness (QED) is 0.585. The molecule has 1 heterocycles. The topological polar surface area (TPSA) is 9.23 Å². The Morgan fingerprint density at radius 3 is 2.55 bits per heavy atom. The summed E-state index contributed by atoms with van der Waals surface area (Å²) in [5.74, 6) is 1.49. The normalized spacial score (nSPS) is 39.0. The molecular formula is C9H15ClO. The molecule has 2 aliphatic rings. The third-order valence-corrected chi connectivity index (χ3v) is 3.66. The van der Waals surface area contributed by atoms with Gasteiger partial charge in [-0.05, 0) is 31.6 Å². The maximum Gasteiger partial charge on any atom is 0.0846 e. The lowest BCUT2D eigenvalue weighted by Gasteiger charge is -2.40. The molecule has 1 saturated carbocycles. The fourth-order valence-electron chi connectivity index (χ4n) is 2.19. The molecule has 2 fully saturated rings. The van der Waals surface area contributed by atoms with Gasteiger partial charge in [-0.25, -0.2) is 0 Å². The highest BCUT2D eigenvalue weighted by Crippen LogP contribution is 2.44. The standard InChI is InChI=1S/C9H15ClO/c10-7-9(5-2-6-11-9)8-3-1-4-8/h8H,1-7H2. The smallest absolute Gasteiger partial charge is 0.0846 e. The largest absolute Gasteiger partial charge is 0.373 e. The van der Waals surface area contributed by atoms with E-state index in [0.29, 0.717) is 5.88 Å². The molecule has 0 aromatic carbocycles. The molecule has 1 aliphatic heterocycles. The summed E-state index contributed by atoms with van der Waals surface area (Å²) >= 11 is 5.95. The Kier molecular flexibility index (Phi) is 2.11. The molecule has 2 heteroatoms. The molecule has 0 amide bonds. The van der Waals surface area contributed by atoms with Crippen molar-refractivity contribution in [3.8, 4) is 0 Å². The summed E-state index contributed by atoms with van der Waals surface area (Å²) in [6, 6.07) is 0. The predicted octanol–water partition coefficient (Wildman–Crippen LogP) is 2.57. The minimum absolute atomic E-state index is 0.0970. The number of hydrogen-bond donors (Lipinski definition) is 0. The van der Waals surface area contributed by atoms with Gasteiger partial charge in [0.15, 0.2) is 0 Å². The Morgan fingerprint density at radius 1 is 1.36 bits per heavy atom. The molecule has 1 atom stereocenters. The average Bonchev–Trinajstić information content (AvgIpc) is 2.34. The summed E-state index contributed by atoms with van der Waals surface area (Å²) in [5.41, 5.74) is 0.0970. The Labute approximate surface area is 73.1 Å². The van der Waals surface area contributed by atoms with Crippen molar-refractivity contribution < 1.29 is 4.74 Å². The highest BCUT2D eigenvalue weighted by atomic mass is 35.5. The van der Waals surface area contributed by atoms with E-state index in [-0.39, 0.29) is 5.60 Å². The predicted molar refractivity (Wildman–Crippen MR) is 46.0 cm³/mol. The minimum atomic E-state index is 0.0970. The lowest BCUT2D eigenvalue weighted by atomic mass is 9.72. The van der Waals surface area contributed by atoms with Crippen molar-refractivity contribution >= 4 is 11.6 Å². The lowest BCUT2D eigenvalue weighted by molar-refractivity contribution is -0.0529. The van der Waals surface area contributed by atoms with E-state index in [0.717, 1.165) is 12.5 Å². The van der Waals surface area contributed by atoms with Crippen molar-refractivity contribution in [1.29, 1.82) is 0 Å². The maximum absolute atomic E-state index is 5.95. The van der Waals surface area contributed by atoms with Crippen LogP contribution in [-0.4, -0.2) is 18.1 Å². The van der Waals surface area contributed by atoms with Crippen LogP contribution in [0.15, 0.2) is 0 Å². The van der Waals surface area contributed by atoms with Gasteiger partial charge in [-0.1, -0.05) is 6.42 Å². The van der Waals surface area contributed by atoms with Gasteiger partial charge in [-0.15, -0.1) is 11.6 Å². The summed E-state index contributed by atoms with van der Waals surface area (Å²) in [7, 11) is 0. The van der Waals surface area contributed by atoms with E-state index in [4.69, 9.17) is 16.3 Å². The molecule has 1 unspecified atom stereocenters. The molecule has 11 heavy (non-hydrogen) atoms. The Bertz CT molecular complexity index is 136. The van der Waals surface area contributed by atoms with Crippen LogP contribution in [0.2, 0.25) is 0 Å². The van der Waals surface area contributed by atoms with Gasteiger partial charge < -0.3 is 4.74 Å². The van der Waals surface area contributed by atoms with Gasteiger partial charge in [0.1, 0.15) is 0 Å².